The quantitative estimate of drug-likeness (QED) is 0.372. The van der Waals surface area contributed by atoms with Crippen LogP contribution in [-0.2, 0) is 9.53 Å². The van der Waals surface area contributed by atoms with Gasteiger partial charge in [0.2, 0.25) is 5.91 Å². The molecule has 30 heavy (non-hydrogen) atoms. The number of hydrogen-bond acceptors (Lipinski definition) is 8. The third-order valence-corrected chi connectivity index (χ3v) is 5.10. The molecule has 0 saturated heterocycles. The molecular weight excluding hydrogens is 408 g/mol. The van der Waals surface area contributed by atoms with Gasteiger partial charge in [0.05, 0.1) is 30.7 Å². The normalized spacial score (nSPS) is 12.1. The predicted molar refractivity (Wildman–Crippen MR) is 113 cm³/mol. The van der Waals surface area contributed by atoms with Gasteiger partial charge in [-0.3, -0.25) is 9.78 Å². The van der Waals surface area contributed by atoms with E-state index in [1.807, 2.05) is 0 Å². The lowest BCUT2D eigenvalue weighted by Gasteiger charge is -2.07. The topological polar surface area (TPSA) is 118 Å². The highest BCUT2D eigenvalue weighted by atomic mass is 32.1. The maximum absolute atomic E-state index is 11.8. The average molecular weight is 428 g/mol. The molecule has 0 aliphatic carbocycles. The zero-order valence-corrected chi connectivity index (χ0v) is 16.9. The number of nitrogens with one attached hydrogen (secondary N) is 1. The number of nitrogens with zero attached hydrogens (tertiary/aromatic N) is 1. The first-order valence-corrected chi connectivity index (χ1v) is 9.80. The molecule has 2 heterocycles. The number of fused-ring (bicyclic) bond motifs is 1. The van der Waals surface area contributed by atoms with Crippen LogP contribution in [0.3, 0.4) is 0 Å². The van der Waals surface area contributed by atoms with Crippen LogP contribution in [0.2, 0.25) is 0 Å². The molecule has 1 amide bonds. The van der Waals surface area contributed by atoms with Gasteiger partial charge in [0.25, 0.3) is 0 Å². The summed E-state index contributed by atoms with van der Waals surface area (Å²) in [6.07, 6.45) is 5.22. The molecule has 1 atom stereocenters. The maximum Gasteiger partial charge on any atom is 0.348 e. The van der Waals surface area contributed by atoms with Crippen molar-refractivity contribution in [3.8, 4) is 11.5 Å². The number of ether oxygens (including phenoxy) is 2. The third-order valence-electron chi connectivity index (χ3n) is 4.05. The van der Waals surface area contributed by atoms with Crippen LogP contribution in [-0.4, -0.2) is 53.4 Å². The Kier molecular flexibility index (Phi) is 7.12. The van der Waals surface area contributed by atoms with E-state index in [1.165, 1.54) is 24.5 Å². The van der Waals surface area contributed by atoms with Gasteiger partial charge in [0.1, 0.15) is 10.6 Å². The molecule has 2 aromatic heterocycles. The molecular formula is C21H20N2O6S. The summed E-state index contributed by atoms with van der Waals surface area (Å²) in [5.41, 5.74) is 0.778. The number of amides is 1. The maximum atomic E-state index is 11.8. The lowest BCUT2D eigenvalue weighted by atomic mass is 10.2. The van der Waals surface area contributed by atoms with E-state index in [9.17, 15) is 14.7 Å². The Morgan fingerprint density at radius 3 is 2.73 bits per heavy atom. The largest absolute Gasteiger partial charge is 0.465 e. The number of pyridine rings is 1. The number of benzene rings is 1. The van der Waals surface area contributed by atoms with E-state index in [1.54, 1.807) is 48.8 Å². The molecule has 0 aliphatic rings. The minimum atomic E-state index is -0.982. The number of aliphatic hydroxyl groups is 2. The molecule has 0 fully saturated rings. The Labute approximate surface area is 176 Å². The summed E-state index contributed by atoms with van der Waals surface area (Å²) in [5.74, 6) is 0.305. The Balaban J connectivity index is 1.67. The lowest BCUT2D eigenvalue weighted by Crippen LogP contribution is -2.32. The lowest BCUT2D eigenvalue weighted by molar-refractivity contribution is -0.117. The number of aliphatic hydroxyl groups excluding tert-OH is 2. The summed E-state index contributed by atoms with van der Waals surface area (Å²) in [6.45, 7) is -0.434. The Hall–Kier alpha value is -3.27. The molecule has 3 rings (SSSR count). The van der Waals surface area contributed by atoms with Gasteiger partial charge in [-0.25, -0.2) is 4.79 Å². The van der Waals surface area contributed by atoms with E-state index in [4.69, 9.17) is 14.6 Å². The van der Waals surface area contributed by atoms with Crippen LogP contribution < -0.4 is 10.1 Å². The molecule has 1 unspecified atom stereocenters. The molecule has 3 aromatic rings. The van der Waals surface area contributed by atoms with Gasteiger partial charge in [-0.05, 0) is 29.8 Å². The Morgan fingerprint density at radius 2 is 2.03 bits per heavy atom. The van der Waals surface area contributed by atoms with Crippen LogP contribution in [0.1, 0.15) is 15.2 Å². The Morgan fingerprint density at radius 1 is 1.27 bits per heavy atom. The molecule has 0 saturated carbocycles. The summed E-state index contributed by atoms with van der Waals surface area (Å²) in [6, 6.07) is 8.77. The molecule has 8 nitrogen and oxygen atoms in total. The predicted octanol–water partition coefficient (Wildman–Crippen LogP) is 2.36. The number of carbonyl (C=O) groups is 2. The number of esters is 1. The molecule has 3 N–H and O–H groups in total. The summed E-state index contributed by atoms with van der Waals surface area (Å²) in [7, 11) is 1.33. The number of methoxy groups -OCH3 is 1. The van der Waals surface area contributed by atoms with E-state index >= 15 is 0 Å². The molecule has 156 valence electrons. The SMILES string of the molecule is COC(=O)c1cc2c(Oc3ccc(/C=C/C(=O)NCC(O)CO)cc3)cncc2s1. The van der Waals surface area contributed by atoms with Crippen molar-refractivity contribution in [2.75, 3.05) is 20.3 Å². The minimum absolute atomic E-state index is 0.0215. The van der Waals surface area contributed by atoms with E-state index in [0.717, 1.165) is 15.6 Å². The number of rotatable bonds is 8. The first-order valence-electron chi connectivity index (χ1n) is 8.98. The zero-order valence-electron chi connectivity index (χ0n) is 16.1. The van der Waals surface area contributed by atoms with Crippen LogP contribution >= 0.6 is 11.3 Å². The monoisotopic (exact) mass is 428 g/mol. The molecule has 1 aromatic carbocycles. The summed E-state index contributed by atoms with van der Waals surface area (Å²) in [5, 5.41) is 21.2. The number of aromatic nitrogens is 1. The highest BCUT2D eigenvalue weighted by Crippen LogP contribution is 2.34. The molecule has 0 bridgehead atoms. The van der Waals surface area contributed by atoms with Crippen molar-refractivity contribution in [3.05, 3.63) is 59.2 Å². The van der Waals surface area contributed by atoms with Crippen LogP contribution in [0, 0.1) is 0 Å². The van der Waals surface area contributed by atoms with Crippen LogP contribution in [0.25, 0.3) is 16.2 Å². The zero-order chi connectivity index (χ0) is 21.5. The molecule has 9 heteroatoms. The van der Waals surface area contributed by atoms with E-state index in [0.29, 0.717) is 16.4 Å². The van der Waals surface area contributed by atoms with Crippen molar-refractivity contribution in [1.82, 2.24) is 10.3 Å². The molecule has 0 radical (unpaired) electrons. The highest BCUT2D eigenvalue weighted by Gasteiger charge is 2.14. The van der Waals surface area contributed by atoms with Crippen LogP contribution in [0.4, 0.5) is 0 Å². The Bertz CT molecular complexity index is 1060. The van der Waals surface area contributed by atoms with Gasteiger partial charge < -0.3 is 25.0 Å². The van der Waals surface area contributed by atoms with Crippen molar-refractivity contribution < 1.29 is 29.3 Å². The van der Waals surface area contributed by atoms with Crippen molar-refractivity contribution in [2.24, 2.45) is 0 Å². The standard InChI is InChI=1S/C21H20N2O6S/c1-28-21(27)18-8-16-17(10-22-11-19(16)30-18)29-15-5-2-13(3-6-15)4-7-20(26)23-9-14(25)12-24/h2-8,10-11,14,24-25H,9,12H2,1H3,(H,23,26)/b7-4+. The van der Waals surface area contributed by atoms with E-state index in [-0.39, 0.29) is 12.5 Å². The third kappa shape index (κ3) is 5.41. The fraction of sp³-hybridized carbons (Fsp3) is 0.190. The molecule has 0 aliphatic heterocycles. The van der Waals surface area contributed by atoms with Crippen LogP contribution in [0.15, 0.2) is 48.8 Å². The fourth-order valence-corrected chi connectivity index (χ4v) is 3.47. The first-order chi connectivity index (χ1) is 14.5. The van der Waals surface area contributed by atoms with Crippen LogP contribution in [0.5, 0.6) is 11.5 Å². The fourth-order valence-electron chi connectivity index (χ4n) is 2.51. The summed E-state index contributed by atoms with van der Waals surface area (Å²) >= 11 is 1.28. The number of carbonyl (C=O) groups excluding carboxylic acids is 2. The van der Waals surface area contributed by atoms with Crippen molar-refractivity contribution in [2.45, 2.75) is 6.10 Å². The van der Waals surface area contributed by atoms with Gasteiger partial charge in [-0.15, -0.1) is 11.3 Å². The number of hydrogen-bond donors (Lipinski definition) is 3. The second kappa shape index (κ2) is 9.97. The summed E-state index contributed by atoms with van der Waals surface area (Å²) in [4.78, 5) is 28.1. The highest BCUT2D eigenvalue weighted by molar-refractivity contribution is 7.20. The van der Waals surface area contributed by atoms with Gasteiger partial charge in [-0.2, -0.15) is 0 Å². The van der Waals surface area contributed by atoms with Gasteiger partial charge in [-0.1, -0.05) is 12.1 Å². The molecule has 0 spiro atoms. The number of thiophene rings is 1. The van der Waals surface area contributed by atoms with E-state index < -0.39 is 18.7 Å². The van der Waals surface area contributed by atoms with Gasteiger partial charge in [0, 0.05) is 24.2 Å². The van der Waals surface area contributed by atoms with E-state index in [2.05, 4.69) is 10.3 Å². The van der Waals surface area contributed by atoms with Gasteiger partial charge in [0.15, 0.2) is 5.75 Å². The summed E-state index contributed by atoms with van der Waals surface area (Å²) < 4.78 is 11.5. The first kappa shape index (κ1) is 21.4. The van der Waals surface area contributed by atoms with Crippen molar-refractivity contribution in [1.29, 1.82) is 0 Å². The minimum Gasteiger partial charge on any atom is -0.465 e. The second-order valence-corrected chi connectivity index (χ2v) is 7.32. The second-order valence-electron chi connectivity index (χ2n) is 6.24. The van der Waals surface area contributed by atoms with Crippen molar-refractivity contribution in [3.63, 3.8) is 0 Å². The average Bonchev–Trinajstić information content (AvgIpc) is 3.22. The smallest absolute Gasteiger partial charge is 0.348 e. The van der Waals surface area contributed by atoms with Gasteiger partial charge >= 0.3 is 5.97 Å². The van der Waals surface area contributed by atoms with Crippen molar-refractivity contribution >= 4 is 39.4 Å².